The molecule has 0 unspecified atom stereocenters. The van der Waals surface area contributed by atoms with Crippen molar-refractivity contribution in [1.82, 2.24) is 4.57 Å². The SMILES string of the molecule is Cc1ccc(S(=O)(=O)OCCn2c(=NC(=O)C(F)(F)F)sc3cc(C(F)(F)F)ccc32)cc1. The number of rotatable bonds is 5. The number of aromatic nitrogens is 1. The Bertz CT molecular complexity index is 1350. The molecule has 33 heavy (non-hydrogen) atoms. The molecule has 0 N–H and O–H groups in total. The van der Waals surface area contributed by atoms with Crippen LogP contribution in [0, 0.1) is 6.92 Å². The largest absolute Gasteiger partial charge is 0.473 e. The van der Waals surface area contributed by atoms with Gasteiger partial charge < -0.3 is 4.57 Å². The molecule has 0 radical (unpaired) electrons. The summed E-state index contributed by atoms with van der Waals surface area (Å²) in [6.45, 7) is 0.768. The van der Waals surface area contributed by atoms with Crippen LogP contribution in [-0.2, 0) is 31.8 Å². The fraction of sp³-hybridized carbons (Fsp3) is 0.263. The molecule has 0 spiro atoms. The molecule has 0 aliphatic carbocycles. The van der Waals surface area contributed by atoms with E-state index in [4.69, 9.17) is 4.18 Å². The average Bonchev–Trinajstić information content (AvgIpc) is 3.03. The lowest BCUT2D eigenvalue weighted by atomic mass is 10.2. The van der Waals surface area contributed by atoms with Crippen molar-refractivity contribution < 1.29 is 43.7 Å². The Balaban J connectivity index is 1.97. The Hall–Kier alpha value is -2.71. The number of alkyl halides is 6. The summed E-state index contributed by atoms with van der Waals surface area (Å²) < 4.78 is 107. The van der Waals surface area contributed by atoms with Gasteiger partial charge in [0.15, 0.2) is 4.80 Å². The van der Waals surface area contributed by atoms with Gasteiger partial charge in [0.25, 0.3) is 10.1 Å². The summed E-state index contributed by atoms with van der Waals surface area (Å²) in [5.74, 6) is -2.45. The monoisotopic (exact) mass is 512 g/mol. The highest BCUT2D eigenvalue weighted by molar-refractivity contribution is 7.86. The third-order valence-corrected chi connectivity index (χ3v) is 6.68. The summed E-state index contributed by atoms with van der Waals surface area (Å²) in [7, 11) is -4.20. The third kappa shape index (κ3) is 5.81. The van der Waals surface area contributed by atoms with Crippen molar-refractivity contribution >= 4 is 37.6 Å². The normalized spacial score (nSPS) is 13.6. The predicted molar refractivity (Wildman–Crippen MR) is 106 cm³/mol. The van der Waals surface area contributed by atoms with E-state index < -0.39 is 51.9 Å². The van der Waals surface area contributed by atoms with Gasteiger partial charge in [0.2, 0.25) is 0 Å². The number of carbonyl (C=O) groups is 1. The van der Waals surface area contributed by atoms with E-state index in [2.05, 4.69) is 4.99 Å². The highest BCUT2D eigenvalue weighted by Crippen LogP contribution is 2.32. The minimum atomic E-state index is -5.30. The lowest BCUT2D eigenvalue weighted by molar-refractivity contribution is -0.169. The smallest absolute Gasteiger partial charge is 0.314 e. The first kappa shape index (κ1) is 24.9. The van der Waals surface area contributed by atoms with Crippen LogP contribution in [-0.4, -0.2) is 31.7 Å². The van der Waals surface area contributed by atoms with Gasteiger partial charge in [0, 0.05) is 0 Å². The summed E-state index contributed by atoms with van der Waals surface area (Å²) >= 11 is 0.425. The molecule has 1 heterocycles. The zero-order valence-corrected chi connectivity index (χ0v) is 18.2. The Kier molecular flexibility index (Phi) is 6.73. The number of hydrogen-bond donors (Lipinski definition) is 0. The number of benzene rings is 2. The Morgan fingerprint density at radius 3 is 2.27 bits per heavy atom. The minimum absolute atomic E-state index is 0.0260. The molecule has 3 aromatic rings. The van der Waals surface area contributed by atoms with Crippen molar-refractivity contribution in [3.63, 3.8) is 0 Å². The second-order valence-corrected chi connectivity index (χ2v) is 9.34. The first-order chi connectivity index (χ1) is 15.2. The molecule has 6 nitrogen and oxygen atoms in total. The van der Waals surface area contributed by atoms with Crippen molar-refractivity contribution in [2.75, 3.05) is 6.61 Å². The molecule has 1 aromatic heterocycles. The van der Waals surface area contributed by atoms with Gasteiger partial charge in [0.05, 0.1) is 33.8 Å². The summed E-state index contributed by atoms with van der Waals surface area (Å²) in [6, 6.07) is 8.10. The molecule has 0 aliphatic heterocycles. The second kappa shape index (κ2) is 8.91. The molecular weight excluding hydrogens is 498 g/mol. The van der Waals surface area contributed by atoms with E-state index in [1.807, 2.05) is 0 Å². The lowest BCUT2D eigenvalue weighted by Gasteiger charge is -2.09. The van der Waals surface area contributed by atoms with E-state index in [1.54, 1.807) is 6.92 Å². The zero-order valence-electron chi connectivity index (χ0n) is 16.6. The Morgan fingerprint density at radius 1 is 1.06 bits per heavy atom. The van der Waals surface area contributed by atoms with Crippen molar-refractivity contribution in [3.8, 4) is 0 Å². The first-order valence-electron chi connectivity index (χ1n) is 9.01. The molecule has 0 fully saturated rings. The molecule has 2 aromatic carbocycles. The maximum atomic E-state index is 13.0. The second-order valence-electron chi connectivity index (χ2n) is 6.72. The average molecular weight is 512 g/mol. The van der Waals surface area contributed by atoms with Crippen molar-refractivity contribution in [2.45, 2.75) is 30.7 Å². The van der Waals surface area contributed by atoms with E-state index in [0.717, 1.165) is 16.2 Å². The zero-order chi connectivity index (χ0) is 24.6. The van der Waals surface area contributed by atoms with Gasteiger partial charge in [-0.05, 0) is 37.3 Å². The van der Waals surface area contributed by atoms with Crippen LogP contribution < -0.4 is 4.80 Å². The van der Waals surface area contributed by atoms with E-state index in [1.165, 1.54) is 24.3 Å². The number of carbonyl (C=O) groups excluding carboxylic acids is 1. The number of hydrogen-bond acceptors (Lipinski definition) is 5. The molecule has 0 saturated heterocycles. The Labute approximate surface area is 186 Å². The van der Waals surface area contributed by atoms with Gasteiger partial charge in [-0.1, -0.05) is 29.0 Å². The summed E-state index contributed by atoms with van der Waals surface area (Å²) in [6.07, 6.45) is -10.00. The molecule has 0 saturated carbocycles. The van der Waals surface area contributed by atoms with Gasteiger partial charge in [-0.25, -0.2) is 0 Å². The Morgan fingerprint density at radius 2 is 1.70 bits per heavy atom. The molecule has 178 valence electrons. The van der Waals surface area contributed by atoms with Crippen LogP contribution in [0.2, 0.25) is 0 Å². The highest BCUT2D eigenvalue weighted by Gasteiger charge is 2.39. The summed E-state index contributed by atoms with van der Waals surface area (Å²) in [4.78, 5) is 13.6. The standard InChI is InChI=1S/C19H14F6N2O4S2/c1-11-2-5-13(6-3-11)33(29,30)31-9-8-27-14-7-4-12(18(20,21)22)10-15(14)32-17(27)26-16(28)19(23,24)25/h2-7,10H,8-9H2,1H3. The van der Waals surface area contributed by atoms with Crippen LogP contribution in [0.4, 0.5) is 26.3 Å². The first-order valence-corrected chi connectivity index (χ1v) is 11.2. The van der Waals surface area contributed by atoms with Gasteiger partial charge in [0.1, 0.15) is 0 Å². The quantitative estimate of drug-likeness (QED) is 0.375. The molecule has 3 rings (SSSR count). The summed E-state index contributed by atoms with van der Waals surface area (Å²) in [5, 5.41) is 0. The van der Waals surface area contributed by atoms with Crippen LogP contribution >= 0.6 is 11.3 Å². The van der Waals surface area contributed by atoms with Crippen molar-refractivity contribution in [1.29, 1.82) is 0 Å². The van der Waals surface area contributed by atoms with Gasteiger partial charge in [-0.3, -0.25) is 8.98 Å². The predicted octanol–water partition coefficient (Wildman–Crippen LogP) is 4.43. The van der Waals surface area contributed by atoms with Crippen LogP contribution in [0.15, 0.2) is 52.4 Å². The van der Waals surface area contributed by atoms with Crippen molar-refractivity contribution in [3.05, 3.63) is 58.4 Å². The number of amides is 1. The third-order valence-electron chi connectivity index (χ3n) is 4.31. The number of aryl methyl sites for hydroxylation is 1. The molecule has 1 amide bonds. The molecule has 0 atom stereocenters. The fourth-order valence-electron chi connectivity index (χ4n) is 2.71. The van der Waals surface area contributed by atoms with Crippen LogP contribution in [0.1, 0.15) is 11.1 Å². The molecule has 0 bridgehead atoms. The topological polar surface area (TPSA) is 77.7 Å². The van der Waals surface area contributed by atoms with Crippen molar-refractivity contribution in [2.24, 2.45) is 4.99 Å². The minimum Gasteiger partial charge on any atom is -0.314 e. The van der Waals surface area contributed by atoms with E-state index in [9.17, 15) is 39.6 Å². The van der Waals surface area contributed by atoms with Gasteiger partial charge >= 0.3 is 18.3 Å². The van der Waals surface area contributed by atoms with E-state index in [0.29, 0.717) is 23.5 Å². The van der Waals surface area contributed by atoms with Crippen LogP contribution in [0.25, 0.3) is 10.2 Å². The van der Waals surface area contributed by atoms with E-state index in [-0.39, 0.29) is 15.1 Å². The molecule has 0 aliphatic rings. The number of fused-ring (bicyclic) bond motifs is 1. The molecule has 14 heteroatoms. The van der Waals surface area contributed by atoms with E-state index >= 15 is 0 Å². The number of halogens is 6. The van der Waals surface area contributed by atoms with Crippen LogP contribution in [0.5, 0.6) is 0 Å². The van der Waals surface area contributed by atoms with Crippen LogP contribution in [0.3, 0.4) is 0 Å². The molecular formula is C19H14F6N2O4S2. The fourth-order valence-corrected chi connectivity index (χ4v) is 4.71. The lowest BCUT2D eigenvalue weighted by Crippen LogP contribution is -2.26. The maximum absolute atomic E-state index is 13.0. The maximum Gasteiger partial charge on any atom is 0.473 e. The number of nitrogens with zero attached hydrogens (tertiary/aromatic N) is 2. The summed E-state index contributed by atoms with van der Waals surface area (Å²) in [5.41, 5.74) is -0.221. The van der Waals surface area contributed by atoms with Gasteiger partial charge in [-0.2, -0.15) is 39.8 Å². The van der Waals surface area contributed by atoms with Gasteiger partial charge in [-0.15, -0.1) is 0 Å². The highest BCUT2D eigenvalue weighted by atomic mass is 32.2. The number of thiazole rings is 1.